The lowest BCUT2D eigenvalue weighted by atomic mass is 10.2. The van der Waals surface area contributed by atoms with Crippen LogP contribution in [0.25, 0.3) is 0 Å². The molecule has 1 amide bonds. The SMILES string of the molecule is C=CCNS(=O)(=O)c1cccc(C(=O)NCCc2cccnc2)c1. The summed E-state index contributed by atoms with van der Waals surface area (Å²) < 4.78 is 26.5. The van der Waals surface area contributed by atoms with Crippen LogP contribution >= 0.6 is 0 Å². The molecule has 0 saturated heterocycles. The Hall–Kier alpha value is -2.51. The zero-order chi connectivity index (χ0) is 17.4. The topological polar surface area (TPSA) is 88.2 Å². The molecular weight excluding hydrogens is 326 g/mol. The standard InChI is InChI=1S/C17H19N3O3S/c1-2-9-20-24(22,23)16-7-3-6-15(12-16)17(21)19-11-8-14-5-4-10-18-13-14/h2-7,10,12-13,20H,1,8-9,11H2,(H,19,21). The average Bonchev–Trinajstić information content (AvgIpc) is 2.61. The molecule has 0 spiro atoms. The summed E-state index contributed by atoms with van der Waals surface area (Å²) in [7, 11) is -3.65. The minimum Gasteiger partial charge on any atom is -0.352 e. The van der Waals surface area contributed by atoms with E-state index >= 15 is 0 Å². The molecule has 0 aliphatic rings. The van der Waals surface area contributed by atoms with Gasteiger partial charge in [-0.25, -0.2) is 13.1 Å². The number of nitrogens with zero attached hydrogens (tertiary/aromatic N) is 1. The van der Waals surface area contributed by atoms with E-state index in [0.29, 0.717) is 18.5 Å². The van der Waals surface area contributed by atoms with Crippen molar-refractivity contribution < 1.29 is 13.2 Å². The first-order valence-corrected chi connectivity index (χ1v) is 8.89. The molecular formula is C17H19N3O3S. The molecule has 0 saturated carbocycles. The van der Waals surface area contributed by atoms with Gasteiger partial charge in [0.25, 0.3) is 5.91 Å². The lowest BCUT2D eigenvalue weighted by Gasteiger charge is -2.08. The van der Waals surface area contributed by atoms with Crippen LogP contribution in [0.4, 0.5) is 0 Å². The van der Waals surface area contributed by atoms with Crippen LogP contribution in [0.5, 0.6) is 0 Å². The number of hydrogen-bond acceptors (Lipinski definition) is 4. The van der Waals surface area contributed by atoms with Crippen molar-refractivity contribution in [1.29, 1.82) is 0 Å². The smallest absolute Gasteiger partial charge is 0.251 e. The lowest BCUT2D eigenvalue weighted by molar-refractivity contribution is 0.0954. The Bertz CT molecular complexity index is 805. The van der Waals surface area contributed by atoms with Gasteiger partial charge in [0.1, 0.15) is 0 Å². The largest absolute Gasteiger partial charge is 0.352 e. The maximum Gasteiger partial charge on any atom is 0.251 e. The molecule has 0 radical (unpaired) electrons. The number of benzene rings is 1. The molecule has 0 bridgehead atoms. The maximum atomic E-state index is 12.2. The monoisotopic (exact) mass is 345 g/mol. The van der Waals surface area contributed by atoms with Crippen molar-refractivity contribution in [3.63, 3.8) is 0 Å². The molecule has 0 aliphatic carbocycles. The van der Waals surface area contributed by atoms with E-state index < -0.39 is 10.0 Å². The van der Waals surface area contributed by atoms with E-state index in [1.165, 1.54) is 18.2 Å². The van der Waals surface area contributed by atoms with Gasteiger partial charge in [0.05, 0.1) is 4.90 Å². The van der Waals surface area contributed by atoms with Crippen molar-refractivity contribution in [1.82, 2.24) is 15.0 Å². The summed E-state index contributed by atoms with van der Waals surface area (Å²) in [6, 6.07) is 9.67. The molecule has 1 heterocycles. The second-order valence-electron chi connectivity index (χ2n) is 5.04. The van der Waals surface area contributed by atoms with Crippen LogP contribution in [-0.2, 0) is 16.4 Å². The first-order valence-electron chi connectivity index (χ1n) is 7.40. The van der Waals surface area contributed by atoms with Gasteiger partial charge in [-0.3, -0.25) is 9.78 Å². The van der Waals surface area contributed by atoms with E-state index in [0.717, 1.165) is 5.56 Å². The molecule has 0 fully saturated rings. The fourth-order valence-corrected chi connectivity index (χ4v) is 3.07. The molecule has 6 nitrogen and oxygen atoms in total. The molecule has 1 aromatic carbocycles. The van der Waals surface area contributed by atoms with Gasteiger partial charge in [-0.15, -0.1) is 6.58 Å². The molecule has 2 aromatic rings. The Morgan fingerprint density at radius 1 is 1.25 bits per heavy atom. The zero-order valence-corrected chi connectivity index (χ0v) is 13.9. The fourth-order valence-electron chi connectivity index (χ4n) is 2.02. The molecule has 24 heavy (non-hydrogen) atoms. The minimum absolute atomic E-state index is 0.0456. The van der Waals surface area contributed by atoms with E-state index in [-0.39, 0.29) is 17.3 Å². The lowest BCUT2D eigenvalue weighted by Crippen LogP contribution is -2.27. The maximum absolute atomic E-state index is 12.2. The molecule has 2 N–H and O–H groups in total. The Morgan fingerprint density at radius 3 is 2.79 bits per heavy atom. The average molecular weight is 345 g/mol. The number of nitrogens with one attached hydrogen (secondary N) is 2. The van der Waals surface area contributed by atoms with Crippen LogP contribution < -0.4 is 10.0 Å². The number of pyridine rings is 1. The first kappa shape index (κ1) is 17.8. The van der Waals surface area contributed by atoms with Crippen LogP contribution in [0, 0.1) is 0 Å². The number of amides is 1. The van der Waals surface area contributed by atoms with E-state index in [4.69, 9.17) is 0 Å². The summed E-state index contributed by atoms with van der Waals surface area (Å²) >= 11 is 0. The van der Waals surface area contributed by atoms with Crippen molar-refractivity contribution in [2.45, 2.75) is 11.3 Å². The van der Waals surface area contributed by atoms with Gasteiger partial charge in [-0.2, -0.15) is 0 Å². The number of aromatic nitrogens is 1. The first-order chi connectivity index (χ1) is 11.5. The minimum atomic E-state index is -3.65. The number of rotatable bonds is 8. The molecule has 7 heteroatoms. The molecule has 126 valence electrons. The predicted octanol–water partition coefficient (Wildman–Crippen LogP) is 1.52. The van der Waals surface area contributed by atoms with E-state index in [1.54, 1.807) is 24.5 Å². The normalized spacial score (nSPS) is 11.0. The highest BCUT2D eigenvalue weighted by Gasteiger charge is 2.15. The fraction of sp³-hybridized carbons (Fsp3) is 0.176. The summed E-state index contributed by atoms with van der Waals surface area (Å²) in [5.74, 6) is -0.320. The molecule has 2 rings (SSSR count). The van der Waals surface area contributed by atoms with Crippen molar-refractivity contribution in [2.75, 3.05) is 13.1 Å². The van der Waals surface area contributed by atoms with Crippen LogP contribution in [0.2, 0.25) is 0 Å². The van der Waals surface area contributed by atoms with Crippen molar-refractivity contribution in [2.24, 2.45) is 0 Å². The van der Waals surface area contributed by atoms with Gasteiger partial charge in [0.2, 0.25) is 10.0 Å². The van der Waals surface area contributed by atoms with Crippen LogP contribution in [0.3, 0.4) is 0 Å². The Balaban J connectivity index is 2.00. The molecule has 0 unspecified atom stereocenters. The third kappa shape index (κ3) is 5.00. The van der Waals surface area contributed by atoms with Gasteiger partial charge in [-0.05, 0) is 36.2 Å². The summed E-state index contributed by atoms with van der Waals surface area (Å²) in [6.07, 6.45) is 5.53. The number of hydrogen-bond donors (Lipinski definition) is 2. The molecule has 0 aliphatic heterocycles. The Morgan fingerprint density at radius 2 is 2.08 bits per heavy atom. The highest BCUT2D eigenvalue weighted by molar-refractivity contribution is 7.89. The van der Waals surface area contributed by atoms with Crippen LogP contribution in [-0.4, -0.2) is 32.4 Å². The van der Waals surface area contributed by atoms with Gasteiger partial charge in [0, 0.05) is 31.0 Å². The molecule has 0 atom stereocenters. The van der Waals surface area contributed by atoms with E-state index in [1.807, 2.05) is 12.1 Å². The summed E-state index contributed by atoms with van der Waals surface area (Å²) in [6.45, 7) is 4.04. The Kier molecular flexibility index (Phi) is 6.22. The third-order valence-electron chi connectivity index (χ3n) is 3.25. The summed E-state index contributed by atoms with van der Waals surface area (Å²) in [5, 5.41) is 2.77. The van der Waals surface area contributed by atoms with Crippen molar-refractivity contribution in [3.05, 3.63) is 72.6 Å². The second-order valence-corrected chi connectivity index (χ2v) is 6.80. The van der Waals surface area contributed by atoms with Crippen molar-refractivity contribution in [3.8, 4) is 0 Å². The highest BCUT2D eigenvalue weighted by Crippen LogP contribution is 2.11. The van der Waals surface area contributed by atoms with Crippen LogP contribution in [0.15, 0.2) is 66.3 Å². The van der Waals surface area contributed by atoms with Gasteiger partial charge in [-0.1, -0.05) is 18.2 Å². The summed E-state index contributed by atoms with van der Waals surface area (Å²) in [5.41, 5.74) is 1.31. The van der Waals surface area contributed by atoms with Gasteiger partial charge < -0.3 is 5.32 Å². The van der Waals surface area contributed by atoms with E-state index in [2.05, 4.69) is 21.6 Å². The Labute approximate surface area is 141 Å². The number of carbonyl (C=O) groups excluding carboxylic acids is 1. The second kappa shape index (κ2) is 8.37. The summed E-state index contributed by atoms with van der Waals surface area (Å²) in [4.78, 5) is 16.2. The van der Waals surface area contributed by atoms with Gasteiger partial charge in [0.15, 0.2) is 0 Å². The number of sulfonamides is 1. The van der Waals surface area contributed by atoms with E-state index in [9.17, 15) is 13.2 Å². The highest BCUT2D eigenvalue weighted by atomic mass is 32.2. The molecule has 1 aromatic heterocycles. The van der Waals surface area contributed by atoms with Crippen molar-refractivity contribution >= 4 is 15.9 Å². The quantitative estimate of drug-likeness (QED) is 0.710. The van der Waals surface area contributed by atoms with Crippen LogP contribution in [0.1, 0.15) is 15.9 Å². The van der Waals surface area contributed by atoms with Gasteiger partial charge >= 0.3 is 0 Å². The predicted molar refractivity (Wildman–Crippen MR) is 92.1 cm³/mol. The third-order valence-corrected chi connectivity index (χ3v) is 4.67. The zero-order valence-electron chi connectivity index (χ0n) is 13.1. The number of carbonyl (C=O) groups is 1.